The van der Waals surface area contributed by atoms with Gasteiger partial charge in [-0.15, -0.1) is 5.10 Å². The second-order valence-electron chi connectivity index (χ2n) is 3.63. The molecule has 0 amide bonds. The van der Waals surface area contributed by atoms with E-state index in [9.17, 15) is 0 Å². The van der Waals surface area contributed by atoms with Crippen molar-refractivity contribution in [3.05, 3.63) is 36.7 Å². The standard InChI is InChI=1S/C12H8N6S/c13-6-7-19-12-10-11(14-8-15-12)18(17-16-10)9-4-2-1-3-5-9/h1-5,8H,7H2. The van der Waals surface area contributed by atoms with Crippen LogP contribution in [0, 0.1) is 11.3 Å². The van der Waals surface area contributed by atoms with Crippen molar-refractivity contribution in [2.75, 3.05) is 5.75 Å². The number of hydrogen-bond donors (Lipinski definition) is 0. The van der Waals surface area contributed by atoms with E-state index in [0.29, 0.717) is 21.9 Å². The maximum atomic E-state index is 8.63. The quantitative estimate of drug-likeness (QED) is 0.532. The number of hydrogen-bond acceptors (Lipinski definition) is 6. The van der Waals surface area contributed by atoms with E-state index in [-0.39, 0.29) is 0 Å². The topological polar surface area (TPSA) is 80.3 Å². The molecule has 92 valence electrons. The lowest BCUT2D eigenvalue weighted by Gasteiger charge is -2.00. The Morgan fingerprint density at radius 3 is 2.84 bits per heavy atom. The molecule has 0 atom stereocenters. The molecular weight excluding hydrogens is 260 g/mol. The maximum absolute atomic E-state index is 8.63. The molecule has 0 aliphatic carbocycles. The van der Waals surface area contributed by atoms with Crippen molar-refractivity contribution in [3.8, 4) is 11.8 Å². The van der Waals surface area contributed by atoms with Gasteiger partial charge in [-0.3, -0.25) is 0 Å². The fourth-order valence-electron chi connectivity index (χ4n) is 1.68. The lowest BCUT2D eigenvalue weighted by Crippen LogP contribution is -1.97. The molecule has 0 saturated carbocycles. The van der Waals surface area contributed by atoms with Gasteiger partial charge in [-0.1, -0.05) is 35.2 Å². The SMILES string of the molecule is N#CCSc1ncnc2c1nnn2-c1ccccc1. The van der Waals surface area contributed by atoms with Crippen LogP contribution in [-0.2, 0) is 0 Å². The van der Waals surface area contributed by atoms with E-state index in [1.165, 1.54) is 18.1 Å². The van der Waals surface area contributed by atoms with E-state index in [2.05, 4.69) is 26.3 Å². The van der Waals surface area contributed by atoms with Crippen LogP contribution in [0.3, 0.4) is 0 Å². The average Bonchev–Trinajstić information content (AvgIpc) is 2.90. The van der Waals surface area contributed by atoms with Crippen molar-refractivity contribution in [2.45, 2.75) is 5.03 Å². The first-order valence-corrected chi connectivity index (χ1v) is 6.50. The molecule has 1 aromatic carbocycles. The van der Waals surface area contributed by atoms with Crippen LogP contribution in [0.1, 0.15) is 0 Å². The normalized spacial score (nSPS) is 10.5. The Hall–Kier alpha value is -2.46. The minimum atomic E-state index is 0.324. The van der Waals surface area contributed by atoms with Crippen LogP contribution < -0.4 is 0 Å². The molecular formula is C12H8N6S. The fourth-order valence-corrected chi connectivity index (χ4v) is 2.27. The van der Waals surface area contributed by atoms with Gasteiger partial charge in [0.25, 0.3) is 0 Å². The number of para-hydroxylation sites is 1. The van der Waals surface area contributed by atoms with E-state index in [1.807, 2.05) is 30.3 Å². The Kier molecular flexibility index (Phi) is 3.08. The molecule has 0 bridgehead atoms. The van der Waals surface area contributed by atoms with Crippen LogP contribution in [0.4, 0.5) is 0 Å². The Balaban J connectivity index is 2.12. The molecule has 0 N–H and O–H groups in total. The number of benzene rings is 1. The number of nitriles is 1. The molecule has 7 heteroatoms. The number of aromatic nitrogens is 5. The molecule has 0 unspecified atom stereocenters. The van der Waals surface area contributed by atoms with E-state index in [0.717, 1.165) is 5.69 Å². The van der Waals surface area contributed by atoms with Gasteiger partial charge < -0.3 is 0 Å². The van der Waals surface area contributed by atoms with Gasteiger partial charge in [-0.25, -0.2) is 9.97 Å². The Morgan fingerprint density at radius 2 is 2.05 bits per heavy atom. The summed E-state index contributed by atoms with van der Waals surface area (Å²) in [4.78, 5) is 8.35. The minimum Gasteiger partial charge on any atom is -0.227 e. The molecule has 0 aliphatic heterocycles. The first-order chi connectivity index (χ1) is 9.40. The zero-order valence-electron chi connectivity index (χ0n) is 9.76. The second kappa shape index (κ2) is 5.04. The van der Waals surface area contributed by atoms with Crippen LogP contribution in [0.25, 0.3) is 16.9 Å². The van der Waals surface area contributed by atoms with Crippen molar-refractivity contribution < 1.29 is 0 Å². The van der Waals surface area contributed by atoms with E-state index in [1.54, 1.807) is 4.68 Å². The lowest BCUT2D eigenvalue weighted by molar-refractivity contribution is 0.817. The second-order valence-corrected chi connectivity index (χ2v) is 4.60. The van der Waals surface area contributed by atoms with Gasteiger partial charge in [0, 0.05) is 0 Å². The summed E-state index contributed by atoms with van der Waals surface area (Å²) >= 11 is 1.33. The first-order valence-electron chi connectivity index (χ1n) is 5.52. The molecule has 0 radical (unpaired) electrons. The Morgan fingerprint density at radius 1 is 1.21 bits per heavy atom. The van der Waals surface area contributed by atoms with Crippen molar-refractivity contribution in [3.63, 3.8) is 0 Å². The zero-order valence-corrected chi connectivity index (χ0v) is 10.6. The molecule has 3 rings (SSSR count). The third-order valence-corrected chi connectivity index (χ3v) is 3.32. The van der Waals surface area contributed by atoms with Gasteiger partial charge in [-0.2, -0.15) is 9.94 Å². The van der Waals surface area contributed by atoms with Crippen LogP contribution in [0.15, 0.2) is 41.7 Å². The predicted molar refractivity (Wildman–Crippen MR) is 70.8 cm³/mol. The molecule has 0 spiro atoms. The molecule has 0 fully saturated rings. The summed E-state index contributed by atoms with van der Waals surface area (Å²) in [6, 6.07) is 11.7. The van der Waals surface area contributed by atoms with E-state index < -0.39 is 0 Å². The Labute approximate surface area is 113 Å². The highest BCUT2D eigenvalue weighted by Gasteiger charge is 2.12. The van der Waals surface area contributed by atoms with E-state index in [4.69, 9.17) is 5.26 Å². The number of thioether (sulfide) groups is 1. The third-order valence-electron chi connectivity index (χ3n) is 2.48. The van der Waals surface area contributed by atoms with Crippen LogP contribution in [0.5, 0.6) is 0 Å². The van der Waals surface area contributed by atoms with Gasteiger partial charge in [0.2, 0.25) is 0 Å². The highest BCUT2D eigenvalue weighted by Crippen LogP contribution is 2.23. The fraction of sp³-hybridized carbons (Fsp3) is 0.0833. The minimum absolute atomic E-state index is 0.324. The van der Waals surface area contributed by atoms with Crippen molar-refractivity contribution in [2.24, 2.45) is 0 Å². The average molecular weight is 268 g/mol. The zero-order chi connectivity index (χ0) is 13.1. The van der Waals surface area contributed by atoms with Crippen molar-refractivity contribution >= 4 is 22.9 Å². The molecule has 3 aromatic rings. The van der Waals surface area contributed by atoms with E-state index >= 15 is 0 Å². The molecule has 19 heavy (non-hydrogen) atoms. The third kappa shape index (κ3) is 2.13. The summed E-state index contributed by atoms with van der Waals surface area (Å²) in [6.07, 6.45) is 1.46. The summed E-state index contributed by atoms with van der Waals surface area (Å²) in [5, 5.41) is 17.5. The lowest BCUT2D eigenvalue weighted by atomic mass is 10.3. The molecule has 2 heterocycles. The highest BCUT2D eigenvalue weighted by atomic mass is 32.2. The molecule has 6 nitrogen and oxygen atoms in total. The Bertz CT molecular complexity index is 746. The molecule has 0 saturated heterocycles. The van der Waals surface area contributed by atoms with Crippen molar-refractivity contribution in [1.82, 2.24) is 25.0 Å². The van der Waals surface area contributed by atoms with Gasteiger partial charge in [0.1, 0.15) is 11.4 Å². The molecule has 2 aromatic heterocycles. The van der Waals surface area contributed by atoms with Gasteiger partial charge in [0.05, 0.1) is 17.5 Å². The number of nitrogens with zero attached hydrogens (tertiary/aromatic N) is 6. The maximum Gasteiger partial charge on any atom is 0.187 e. The summed E-state index contributed by atoms with van der Waals surface area (Å²) in [5.74, 6) is 0.324. The van der Waals surface area contributed by atoms with Crippen LogP contribution in [0.2, 0.25) is 0 Å². The summed E-state index contributed by atoms with van der Waals surface area (Å²) < 4.78 is 1.66. The number of fused-ring (bicyclic) bond motifs is 1. The van der Waals surface area contributed by atoms with Crippen LogP contribution >= 0.6 is 11.8 Å². The largest absolute Gasteiger partial charge is 0.227 e. The highest BCUT2D eigenvalue weighted by molar-refractivity contribution is 7.99. The summed E-state index contributed by atoms with van der Waals surface area (Å²) in [5.41, 5.74) is 2.15. The first kappa shape index (κ1) is 11.6. The monoisotopic (exact) mass is 268 g/mol. The number of rotatable bonds is 3. The summed E-state index contributed by atoms with van der Waals surface area (Å²) in [7, 11) is 0. The molecule has 0 aliphatic rings. The van der Waals surface area contributed by atoms with Gasteiger partial charge in [-0.05, 0) is 12.1 Å². The van der Waals surface area contributed by atoms with Crippen LogP contribution in [-0.4, -0.2) is 30.7 Å². The van der Waals surface area contributed by atoms with Crippen molar-refractivity contribution in [1.29, 1.82) is 5.26 Å². The van der Waals surface area contributed by atoms with Gasteiger partial charge >= 0.3 is 0 Å². The predicted octanol–water partition coefficient (Wildman–Crippen LogP) is 1.83. The van der Waals surface area contributed by atoms with Gasteiger partial charge in [0.15, 0.2) is 11.2 Å². The smallest absolute Gasteiger partial charge is 0.187 e. The summed E-state index contributed by atoms with van der Waals surface area (Å²) in [6.45, 7) is 0.